The van der Waals surface area contributed by atoms with Gasteiger partial charge in [0.05, 0.1) is 17.2 Å². The molecule has 0 bridgehead atoms. The lowest BCUT2D eigenvalue weighted by atomic mass is 10.2. The number of nitrogen functional groups attached to an aromatic ring is 1. The summed E-state index contributed by atoms with van der Waals surface area (Å²) in [7, 11) is -1.22. The van der Waals surface area contributed by atoms with Crippen molar-refractivity contribution in [2.75, 3.05) is 12.8 Å². The van der Waals surface area contributed by atoms with Crippen LogP contribution in [0.2, 0.25) is 0 Å². The zero-order valence-electron chi connectivity index (χ0n) is 9.90. The smallest absolute Gasteiger partial charge is 0.160 e. The van der Waals surface area contributed by atoms with Crippen LogP contribution in [0.4, 0.5) is 5.82 Å². The van der Waals surface area contributed by atoms with Gasteiger partial charge in [-0.15, -0.1) is 0 Å². The molecule has 0 aliphatic carbocycles. The van der Waals surface area contributed by atoms with E-state index >= 15 is 0 Å². The largest absolute Gasteiger partial charge is 0.383 e. The van der Waals surface area contributed by atoms with Gasteiger partial charge in [0.2, 0.25) is 0 Å². The van der Waals surface area contributed by atoms with Crippen molar-refractivity contribution in [2.24, 2.45) is 0 Å². The molecule has 0 saturated heterocycles. The first kappa shape index (κ1) is 12.3. The molecule has 0 fully saturated rings. The molecular weight excluding hydrogens is 240 g/mol. The first-order valence-electron chi connectivity index (χ1n) is 5.43. The summed E-state index contributed by atoms with van der Waals surface area (Å²) in [6.07, 6.45) is 0.633. The molecule has 2 rings (SSSR count). The van der Waals surface area contributed by atoms with Crippen molar-refractivity contribution in [3.05, 3.63) is 17.1 Å². The highest BCUT2D eigenvalue weighted by Gasteiger charge is 2.29. The molecular formula is C10H16N4O2S. The van der Waals surface area contributed by atoms with E-state index in [2.05, 4.69) is 15.3 Å². The van der Waals surface area contributed by atoms with Crippen LogP contribution in [0.3, 0.4) is 0 Å². The van der Waals surface area contributed by atoms with Crippen molar-refractivity contribution in [1.82, 2.24) is 15.3 Å². The second-order valence-electron chi connectivity index (χ2n) is 4.38. The van der Waals surface area contributed by atoms with Gasteiger partial charge in [-0.25, -0.2) is 18.4 Å². The van der Waals surface area contributed by atoms with Gasteiger partial charge < -0.3 is 11.1 Å². The summed E-state index contributed by atoms with van der Waals surface area (Å²) in [5.74, 6) is 0.848. The second-order valence-corrected chi connectivity index (χ2v) is 6.44. The lowest BCUT2D eigenvalue weighted by Gasteiger charge is -2.10. The number of fused-ring (bicyclic) bond motifs is 1. The molecule has 1 aliphatic rings. The molecule has 0 saturated carbocycles. The number of anilines is 1. The van der Waals surface area contributed by atoms with Gasteiger partial charge >= 0.3 is 0 Å². The van der Waals surface area contributed by atoms with Gasteiger partial charge in [0, 0.05) is 18.0 Å². The Morgan fingerprint density at radius 2 is 2.12 bits per heavy atom. The number of nitrogens with zero attached hydrogens (tertiary/aromatic N) is 2. The third-order valence-electron chi connectivity index (χ3n) is 2.87. The molecule has 1 aromatic heterocycles. The van der Waals surface area contributed by atoms with Crippen LogP contribution in [0.1, 0.15) is 24.0 Å². The molecule has 0 radical (unpaired) electrons. The molecule has 17 heavy (non-hydrogen) atoms. The number of sulfone groups is 1. The van der Waals surface area contributed by atoms with Crippen LogP contribution >= 0.6 is 0 Å². The topological polar surface area (TPSA) is 98.0 Å². The Morgan fingerprint density at radius 1 is 1.41 bits per heavy atom. The van der Waals surface area contributed by atoms with Gasteiger partial charge in [-0.2, -0.15) is 0 Å². The van der Waals surface area contributed by atoms with Crippen LogP contribution in [-0.2, 0) is 27.8 Å². The summed E-state index contributed by atoms with van der Waals surface area (Å²) in [5, 5.41) is 3.08. The van der Waals surface area contributed by atoms with E-state index in [9.17, 15) is 8.42 Å². The zero-order chi connectivity index (χ0) is 12.6. The van der Waals surface area contributed by atoms with Crippen LogP contribution < -0.4 is 11.1 Å². The number of hydrogen-bond acceptors (Lipinski definition) is 6. The molecule has 0 aromatic carbocycles. The summed E-state index contributed by atoms with van der Waals surface area (Å²) in [5.41, 5.74) is 6.92. The summed E-state index contributed by atoms with van der Waals surface area (Å²) >= 11 is 0. The molecule has 1 unspecified atom stereocenters. The number of rotatable bonds is 3. The number of aromatic nitrogens is 2. The fourth-order valence-corrected chi connectivity index (χ4v) is 3.34. The van der Waals surface area contributed by atoms with Gasteiger partial charge in [0.15, 0.2) is 9.84 Å². The summed E-state index contributed by atoms with van der Waals surface area (Å²) in [6.45, 7) is 2.00. The third-order valence-corrected chi connectivity index (χ3v) is 4.32. The van der Waals surface area contributed by atoms with E-state index in [1.54, 1.807) is 0 Å². The Balaban J connectivity index is 2.34. The zero-order valence-corrected chi connectivity index (χ0v) is 10.7. The highest BCUT2D eigenvalue weighted by Crippen LogP contribution is 2.27. The quantitative estimate of drug-likeness (QED) is 0.766. The Hall–Kier alpha value is -1.21. The Kier molecular flexibility index (Phi) is 3.05. The Bertz CT molecular complexity index is 541. The minimum atomic E-state index is -3.08. The third kappa shape index (κ3) is 2.55. The highest BCUT2D eigenvalue weighted by atomic mass is 32.2. The summed E-state index contributed by atoms with van der Waals surface area (Å²) in [4.78, 5) is 8.45. The molecule has 94 valence electrons. The summed E-state index contributed by atoms with van der Waals surface area (Å²) < 4.78 is 23.0. The lowest BCUT2D eigenvalue weighted by molar-refractivity contribution is 0.589. The fraction of sp³-hybridized carbons (Fsp3) is 0.600. The van der Waals surface area contributed by atoms with Crippen LogP contribution in [0, 0.1) is 0 Å². The van der Waals surface area contributed by atoms with Crippen LogP contribution in [0.15, 0.2) is 0 Å². The molecule has 2 heterocycles. The van der Waals surface area contributed by atoms with Crippen LogP contribution in [-0.4, -0.2) is 31.5 Å². The molecule has 1 aliphatic heterocycles. The van der Waals surface area contributed by atoms with Crippen molar-refractivity contribution >= 4 is 15.7 Å². The Morgan fingerprint density at radius 3 is 2.76 bits per heavy atom. The van der Waals surface area contributed by atoms with Gasteiger partial charge in [-0.05, 0) is 14.0 Å². The van der Waals surface area contributed by atoms with Gasteiger partial charge in [-0.1, -0.05) is 0 Å². The Labute approximate surface area is 101 Å². The van der Waals surface area contributed by atoms with E-state index < -0.39 is 9.84 Å². The highest BCUT2D eigenvalue weighted by molar-refractivity contribution is 7.90. The monoisotopic (exact) mass is 256 g/mol. The van der Waals surface area contributed by atoms with E-state index in [1.165, 1.54) is 0 Å². The molecule has 1 aromatic rings. The normalized spacial score (nSPS) is 18.9. The lowest BCUT2D eigenvalue weighted by Crippen LogP contribution is -2.25. The van der Waals surface area contributed by atoms with Gasteiger partial charge in [0.1, 0.15) is 11.6 Å². The molecule has 0 amide bonds. The fourth-order valence-electron chi connectivity index (χ4n) is 1.83. The van der Waals surface area contributed by atoms with Crippen molar-refractivity contribution < 1.29 is 8.42 Å². The number of hydrogen-bond donors (Lipinski definition) is 2. The standard InChI is InChI=1S/C10H16N4O2S/c1-6(12-2)3-9-13-8-5-17(15,16)4-7(8)10(11)14-9/h6,12H,3-5H2,1-2H3,(H2,11,13,14). The number of nitrogens with two attached hydrogens (primary N) is 1. The molecule has 1 atom stereocenters. The van der Waals surface area contributed by atoms with Crippen LogP contribution in [0.5, 0.6) is 0 Å². The average Bonchev–Trinajstić information content (AvgIpc) is 2.53. The summed E-state index contributed by atoms with van der Waals surface area (Å²) in [6, 6.07) is 0.227. The second kappa shape index (κ2) is 4.23. The van der Waals surface area contributed by atoms with E-state index in [0.717, 1.165) is 0 Å². The van der Waals surface area contributed by atoms with Crippen molar-refractivity contribution in [2.45, 2.75) is 30.9 Å². The molecule has 0 spiro atoms. The van der Waals surface area contributed by atoms with Crippen molar-refractivity contribution in [3.63, 3.8) is 0 Å². The van der Waals surface area contributed by atoms with E-state index in [0.29, 0.717) is 29.3 Å². The predicted octanol–water partition coefficient (Wildman–Crippen LogP) is -0.362. The average molecular weight is 256 g/mol. The first-order valence-corrected chi connectivity index (χ1v) is 7.25. The van der Waals surface area contributed by atoms with E-state index in [4.69, 9.17) is 5.73 Å². The number of nitrogens with one attached hydrogen (secondary N) is 1. The first-order chi connectivity index (χ1) is 7.91. The van der Waals surface area contributed by atoms with E-state index in [-0.39, 0.29) is 17.5 Å². The van der Waals surface area contributed by atoms with Crippen LogP contribution in [0.25, 0.3) is 0 Å². The van der Waals surface area contributed by atoms with Gasteiger partial charge in [-0.3, -0.25) is 0 Å². The van der Waals surface area contributed by atoms with Crippen molar-refractivity contribution in [1.29, 1.82) is 0 Å². The maximum Gasteiger partial charge on any atom is 0.160 e. The van der Waals surface area contributed by atoms with Gasteiger partial charge in [0.25, 0.3) is 0 Å². The van der Waals surface area contributed by atoms with E-state index in [1.807, 2.05) is 14.0 Å². The molecule has 7 heteroatoms. The predicted molar refractivity (Wildman–Crippen MR) is 65.0 cm³/mol. The number of likely N-dealkylation sites (N-methyl/N-ethyl adjacent to an activating group) is 1. The van der Waals surface area contributed by atoms with Crippen molar-refractivity contribution in [3.8, 4) is 0 Å². The minimum Gasteiger partial charge on any atom is -0.383 e. The SMILES string of the molecule is CNC(C)Cc1nc(N)c2c(n1)CS(=O)(=O)C2. The molecule has 6 nitrogen and oxygen atoms in total. The maximum atomic E-state index is 11.5. The molecule has 3 N–H and O–H groups in total. The maximum absolute atomic E-state index is 11.5. The minimum absolute atomic E-state index is 0.0179.